The predicted octanol–water partition coefficient (Wildman–Crippen LogP) is 0.692. The van der Waals surface area contributed by atoms with Gasteiger partial charge in [-0.15, -0.1) is 0 Å². The standard InChI is InChI=1S/C6H15NO2/c1-6(2,9-7)4-5-8-3/h4-5,7H2,1-3H3. The molecule has 0 unspecified atom stereocenters. The quantitative estimate of drug-likeness (QED) is 0.574. The molecule has 0 aliphatic heterocycles. The highest BCUT2D eigenvalue weighted by Gasteiger charge is 2.15. The van der Waals surface area contributed by atoms with Crippen molar-refractivity contribution in [2.75, 3.05) is 13.7 Å². The summed E-state index contributed by atoms with van der Waals surface area (Å²) in [4.78, 5) is 4.66. The first-order valence-corrected chi connectivity index (χ1v) is 2.99. The molecule has 0 aromatic heterocycles. The number of ether oxygens (including phenoxy) is 1. The van der Waals surface area contributed by atoms with Gasteiger partial charge in [0.1, 0.15) is 0 Å². The van der Waals surface area contributed by atoms with E-state index in [-0.39, 0.29) is 5.60 Å². The molecule has 0 aromatic rings. The van der Waals surface area contributed by atoms with Crippen LogP contribution in [0.4, 0.5) is 0 Å². The molecule has 3 heteroatoms. The van der Waals surface area contributed by atoms with Crippen molar-refractivity contribution in [3.63, 3.8) is 0 Å². The summed E-state index contributed by atoms with van der Waals surface area (Å²) in [6.07, 6.45) is 0.819. The summed E-state index contributed by atoms with van der Waals surface area (Å²) in [5.41, 5.74) is -0.254. The summed E-state index contributed by atoms with van der Waals surface area (Å²) < 4.78 is 4.84. The molecule has 0 amide bonds. The smallest absolute Gasteiger partial charge is 0.0859 e. The molecule has 0 aromatic carbocycles. The minimum atomic E-state index is -0.254. The Morgan fingerprint density at radius 1 is 1.44 bits per heavy atom. The Kier molecular flexibility index (Phi) is 3.77. The Hall–Kier alpha value is -0.120. The summed E-state index contributed by atoms with van der Waals surface area (Å²) in [6.45, 7) is 4.53. The first-order valence-electron chi connectivity index (χ1n) is 2.99. The van der Waals surface area contributed by atoms with Gasteiger partial charge in [-0.25, -0.2) is 5.90 Å². The van der Waals surface area contributed by atoms with Gasteiger partial charge in [-0.2, -0.15) is 0 Å². The van der Waals surface area contributed by atoms with Crippen LogP contribution in [0.15, 0.2) is 0 Å². The van der Waals surface area contributed by atoms with Crippen molar-refractivity contribution in [3.05, 3.63) is 0 Å². The van der Waals surface area contributed by atoms with E-state index in [1.807, 2.05) is 13.8 Å². The van der Waals surface area contributed by atoms with E-state index in [2.05, 4.69) is 4.84 Å². The molecule has 0 aliphatic carbocycles. The van der Waals surface area contributed by atoms with E-state index in [0.29, 0.717) is 6.61 Å². The van der Waals surface area contributed by atoms with Crippen LogP contribution in [0.5, 0.6) is 0 Å². The van der Waals surface area contributed by atoms with Gasteiger partial charge < -0.3 is 4.74 Å². The van der Waals surface area contributed by atoms with Crippen LogP contribution in [-0.2, 0) is 9.57 Å². The summed E-state index contributed by atoms with van der Waals surface area (Å²) in [6, 6.07) is 0. The fourth-order valence-corrected chi connectivity index (χ4v) is 0.407. The van der Waals surface area contributed by atoms with Crippen molar-refractivity contribution in [1.29, 1.82) is 0 Å². The molecule has 0 bridgehead atoms. The van der Waals surface area contributed by atoms with E-state index >= 15 is 0 Å². The minimum absolute atomic E-state index is 0.254. The summed E-state index contributed by atoms with van der Waals surface area (Å²) in [5, 5.41) is 0. The lowest BCUT2D eigenvalue weighted by Crippen LogP contribution is -2.29. The zero-order valence-electron chi connectivity index (χ0n) is 6.31. The molecule has 0 heterocycles. The number of rotatable bonds is 4. The lowest BCUT2D eigenvalue weighted by atomic mass is 10.1. The molecular weight excluding hydrogens is 118 g/mol. The second-order valence-electron chi connectivity index (χ2n) is 2.62. The van der Waals surface area contributed by atoms with Crippen LogP contribution in [0.1, 0.15) is 20.3 Å². The van der Waals surface area contributed by atoms with Gasteiger partial charge >= 0.3 is 0 Å². The van der Waals surface area contributed by atoms with Crippen molar-refractivity contribution in [2.45, 2.75) is 25.9 Å². The molecule has 0 spiro atoms. The Morgan fingerprint density at radius 3 is 2.33 bits per heavy atom. The Balaban J connectivity index is 3.33. The topological polar surface area (TPSA) is 44.5 Å². The van der Waals surface area contributed by atoms with E-state index in [9.17, 15) is 0 Å². The van der Waals surface area contributed by atoms with Gasteiger partial charge in [-0.1, -0.05) is 0 Å². The van der Waals surface area contributed by atoms with Crippen molar-refractivity contribution in [3.8, 4) is 0 Å². The third-order valence-corrected chi connectivity index (χ3v) is 1.23. The highest BCUT2D eigenvalue weighted by Crippen LogP contribution is 2.10. The highest BCUT2D eigenvalue weighted by molar-refractivity contribution is 4.65. The molecule has 9 heavy (non-hydrogen) atoms. The van der Waals surface area contributed by atoms with Crippen LogP contribution < -0.4 is 5.90 Å². The molecule has 0 atom stereocenters. The van der Waals surface area contributed by atoms with Crippen LogP contribution in [0.3, 0.4) is 0 Å². The van der Waals surface area contributed by atoms with Gasteiger partial charge in [-0.05, 0) is 13.8 Å². The molecule has 0 rings (SSSR count). The van der Waals surface area contributed by atoms with Crippen molar-refractivity contribution >= 4 is 0 Å². The third kappa shape index (κ3) is 4.39. The molecule has 3 nitrogen and oxygen atoms in total. The first kappa shape index (κ1) is 8.88. The second kappa shape index (κ2) is 3.82. The maximum atomic E-state index is 4.99. The third-order valence-electron chi connectivity index (χ3n) is 1.23. The van der Waals surface area contributed by atoms with E-state index in [1.54, 1.807) is 7.11 Å². The SMILES string of the molecule is COCCC(C)(C)ON. The van der Waals surface area contributed by atoms with Crippen LogP contribution in [0.2, 0.25) is 0 Å². The average molecular weight is 133 g/mol. The van der Waals surface area contributed by atoms with E-state index in [4.69, 9.17) is 10.6 Å². The largest absolute Gasteiger partial charge is 0.385 e. The van der Waals surface area contributed by atoms with Gasteiger partial charge in [-0.3, -0.25) is 4.84 Å². The number of methoxy groups -OCH3 is 1. The molecule has 0 saturated carbocycles. The molecule has 2 N–H and O–H groups in total. The summed E-state index contributed by atoms with van der Waals surface area (Å²) >= 11 is 0. The maximum Gasteiger partial charge on any atom is 0.0859 e. The van der Waals surface area contributed by atoms with Gasteiger partial charge in [0, 0.05) is 20.1 Å². The van der Waals surface area contributed by atoms with E-state index in [0.717, 1.165) is 6.42 Å². The zero-order chi connectivity index (χ0) is 7.33. The van der Waals surface area contributed by atoms with Gasteiger partial charge in [0.15, 0.2) is 0 Å². The lowest BCUT2D eigenvalue weighted by molar-refractivity contribution is -0.0384. The Bertz CT molecular complexity index is 73.5. The molecule has 0 radical (unpaired) electrons. The van der Waals surface area contributed by atoms with Gasteiger partial charge in [0.2, 0.25) is 0 Å². The van der Waals surface area contributed by atoms with E-state index in [1.165, 1.54) is 0 Å². The van der Waals surface area contributed by atoms with Crippen LogP contribution in [0.25, 0.3) is 0 Å². The number of hydrogen-bond acceptors (Lipinski definition) is 3. The number of hydrogen-bond donors (Lipinski definition) is 1. The fourth-order valence-electron chi connectivity index (χ4n) is 0.407. The van der Waals surface area contributed by atoms with Gasteiger partial charge in [0.25, 0.3) is 0 Å². The van der Waals surface area contributed by atoms with Crippen molar-refractivity contribution in [2.24, 2.45) is 5.90 Å². The normalized spacial score (nSPS) is 12.0. The molecule has 0 fully saturated rings. The number of nitrogens with two attached hydrogens (primary N) is 1. The molecule has 56 valence electrons. The first-order chi connectivity index (χ1) is 4.12. The monoisotopic (exact) mass is 133 g/mol. The second-order valence-corrected chi connectivity index (χ2v) is 2.62. The Morgan fingerprint density at radius 2 is 2.00 bits per heavy atom. The molecule has 0 aliphatic rings. The lowest BCUT2D eigenvalue weighted by Gasteiger charge is -2.20. The van der Waals surface area contributed by atoms with Crippen LogP contribution in [0, 0.1) is 0 Å². The fraction of sp³-hybridized carbons (Fsp3) is 1.00. The van der Waals surface area contributed by atoms with Crippen LogP contribution in [-0.4, -0.2) is 19.3 Å². The Labute approximate surface area is 56.1 Å². The maximum absolute atomic E-state index is 4.99. The van der Waals surface area contributed by atoms with Crippen molar-refractivity contribution in [1.82, 2.24) is 0 Å². The van der Waals surface area contributed by atoms with Crippen LogP contribution >= 0.6 is 0 Å². The zero-order valence-corrected chi connectivity index (χ0v) is 6.31. The average Bonchev–Trinajstić information content (AvgIpc) is 1.84. The molecule has 0 saturated heterocycles. The molecular formula is C6H15NO2. The van der Waals surface area contributed by atoms with E-state index < -0.39 is 0 Å². The summed E-state index contributed by atoms with van der Waals surface area (Å²) in [5.74, 6) is 4.99. The highest BCUT2D eigenvalue weighted by atomic mass is 16.6. The van der Waals surface area contributed by atoms with Gasteiger partial charge in [0.05, 0.1) is 5.60 Å². The summed E-state index contributed by atoms with van der Waals surface area (Å²) in [7, 11) is 1.66. The minimum Gasteiger partial charge on any atom is -0.385 e. The predicted molar refractivity (Wildman–Crippen MR) is 35.8 cm³/mol. The van der Waals surface area contributed by atoms with Crippen molar-refractivity contribution < 1.29 is 9.57 Å².